The molecule has 0 spiro atoms. The molecule has 0 unspecified atom stereocenters. The molecule has 0 fully saturated rings. The van der Waals surface area contributed by atoms with Gasteiger partial charge in [-0.1, -0.05) is 72.3 Å². The minimum atomic E-state index is -0.0697. The van der Waals surface area contributed by atoms with Gasteiger partial charge in [-0.15, -0.1) is 0 Å². The van der Waals surface area contributed by atoms with Crippen molar-refractivity contribution in [3.63, 3.8) is 0 Å². The average Bonchev–Trinajstić information content (AvgIpc) is 3.51. The van der Waals surface area contributed by atoms with Crippen LogP contribution in [-0.2, 0) is 17.9 Å². The molecular weight excluding hydrogens is 468 g/mol. The van der Waals surface area contributed by atoms with Crippen LogP contribution < -0.4 is 5.32 Å². The first kappa shape index (κ1) is 23.4. The second kappa shape index (κ2) is 10.5. The lowest BCUT2D eigenvalue weighted by Crippen LogP contribution is -2.24. The predicted molar refractivity (Wildman–Crippen MR) is 143 cm³/mol. The van der Waals surface area contributed by atoms with Crippen molar-refractivity contribution in [3.8, 4) is 28.3 Å². The maximum Gasteiger partial charge on any atom is 0.222 e. The second-order valence-corrected chi connectivity index (χ2v) is 8.94. The van der Waals surface area contributed by atoms with Crippen molar-refractivity contribution in [2.45, 2.75) is 26.4 Å². The van der Waals surface area contributed by atoms with E-state index < -0.39 is 0 Å². The summed E-state index contributed by atoms with van der Waals surface area (Å²) < 4.78 is 4.21. The fourth-order valence-corrected chi connectivity index (χ4v) is 4.34. The van der Waals surface area contributed by atoms with E-state index in [-0.39, 0.29) is 12.3 Å². The Morgan fingerprint density at radius 2 is 1.69 bits per heavy atom. The van der Waals surface area contributed by atoms with E-state index in [4.69, 9.17) is 17.3 Å². The third kappa shape index (κ3) is 5.18. The van der Waals surface area contributed by atoms with Crippen LogP contribution in [0.3, 0.4) is 0 Å². The van der Waals surface area contributed by atoms with Gasteiger partial charge in [-0.2, -0.15) is 10.2 Å². The van der Waals surface area contributed by atoms with Crippen LogP contribution in [0.15, 0.2) is 91.1 Å². The summed E-state index contributed by atoms with van der Waals surface area (Å²) in [5.41, 5.74) is 5.85. The van der Waals surface area contributed by atoms with Crippen LogP contribution in [0.25, 0.3) is 28.3 Å². The number of carbonyl (C=O) groups excluding carboxylic acids is 1. The molecule has 0 saturated heterocycles. The van der Waals surface area contributed by atoms with E-state index in [1.807, 2.05) is 101 Å². The highest BCUT2D eigenvalue weighted by atomic mass is 32.1. The van der Waals surface area contributed by atoms with Gasteiger partial charge >= 0.3 is 0 Å². The van der Waals surface area contributed by atoms with E-state index in [1.54, 1.807) is 0 Å². The number of amides is 1. The Kier molecular flexibility index (Phi) is 6.86. The number of para-hydroxylation sites is 1. The van der Waals surface area contributed by atoms with Crippen molar-refractivity contribution in [1.82, 2.24) is 29.9 Å². The van der Waals surface area contributed by atoms with Gasteiger partial charge in [-0.3, -0.25) is 14.5 Å². The minimum absolute atomic E-state index is 0.0697. The van der Waals surface area contributed by atoms with E-state index in [0.717, 1.165) is 39.5 Å². The fourth-order valence-electron chi connectivity index (χ4n) is 4.12. The molecule has 2 aromatic heterocycles. The van der Waals surface area contributed by atoms with Gasteiger partial charge < -0.3 is 5.32 Å². The Hall–Kier alpha value is -4.30. The van der Waals surface area contributed by atoms with Gasteiger partial charge in [0.05, 0.1) is 11.4 Å². The topological polar surface area (TPSA) is 80.5 Å². The maximum absolute atomic E-state index is 12.8. The van der Waals surface area contributed by atoms with Gasteiger partial charge in [0.1, 0.15) is 0 Å². The molecule has 36 heavy (non-hydrogen) atoms. The zero-order chi connectivity index (χ0) is 24.9. The highest BCUT2D eigenvalue weighted by Gasteiger charge is 2.15. The van der Waals surface area contributed by atoms with E-state index in [0.29, 0.717) is 17.9 Å². The van der Waals surface area contributed by atoms with Crippen molar-refractivity contribution in [2.24, 2.45) is 0 Å². The van der Waals surface area contributed by atoms with Gasteiger partial charge in [-0.05, 0) is 37.3 Å². The van der Waals surface area contributed by atoms with Crippen LogP contribution >= 0.6 is 12.2 Å². The molecule has 0 radical (unpaired) electrons. The molecular formula is C28H26N6OS. The summed E-state index contributed by atoms with van der Waals surface area (Å²) in [5.74, 6) is 0.659. The number of H-pyrrole nitrogens is 1. The Balaban J connectivity index is 1.30. The number of nitrogens with zero attached hydrogens (tertiary/aromatic N) is 4. The van der Waals surface area contributed by atoms with Crippen LogP contribution in [0.1, 0.15) is 17.5 Å². The number of aromatic nitrogens is 5. The SMILES string of the molecule is Cc1cccc(-c2n[nH]c(=S)n2CCC(=O)NCc2cn(-c3ccccc3)nc2-c2ccccc2)c1. The summed E-state index contributed by atoms with van der Waals surface area (Å²) in [6.07, 6.45) is 2.25. The molecule has 5 aromatic rings. The lowest BCUT2D eigenvalue weighted by Gasteiger charge is -2.09. The number of hydrogen-bond donors (Lipinski definition) is 2. The number of nitrogens with one attached hydrogen (secondary N) is 2. The number of benzene rings is 3. The van der Waals surface area contributed by atoms with Gasteiger partial charge in [0, 0.05) is 42.4 Å². The Labute approximate surface area is 214 Å². The molecule has 3 aromatic carbocycles. The molecule has 180 valence electrons. The maximum atomic E-state index is 12.8. The molecule has 2 heterocycles. The molecule has 0 aliphatic carbocycles. The average molecular weight is 495 g/mol. The molecule has 7 nitrogen and oxygen atoms in total. The highest BCUT2D eigenvalue weighted by Crippen LogP contribution is 2.24. The molecule has 0 aliphatic heterocycles. The van der Waals surface area contributed by atoms with E-state index in [9.17, 15) is 4.79 Å². The lowest BCUT2D eigenvalue weighted by molar-refractivity contribution is -0.121. The summed E-state index contributed by atoms with van der Waals surface area (Å²) >= 11 is 5.42. The van der Waals surface area contributed by atoms with E-state index >= 15 is 0 Å². The summed E-state index contributed by atoms with van der Waals surface area (Å²) in [7, 11) is 0. The lowest BCUT2D eigenvalue weighted by atomic mass is 10.1. The second-order valence-electron chi connectivity index (χ2n) is 8.55. The van der Waals surface area contributed by atoms with Gasteiger partial charge in [0.25, 0.3) is 0 Å². The number of rotatable bonds is 8. The Morgan fingerprint density at radius 1 is 0.972 bits per heavy atom. The Morgan fingerprint density at radius 3 is 2.44 bits per heavy atom. The van der Waals surface area contributed by atoms with Crippen molar-refractivity contribution < 1.29 is 4.79 Å². The fraction of sp³-hybridized carbons (Fsp3) is 0.143. The van der Waals surface area contributed by atoms with Crippen molar-refractivity contribution >= 4 is 18.1 Å². The summed E-state index contributed by atoms with van der Waals surface area (Å²) in [6.45, 7) is 2.84. The van der Waals surface area contributed by atoms with Crippen molar-refractivity contribution in [2.75, 3.05) is 0 Å². The molecule has 0 atom stereocenters. The zero-order valence-electron chi connectivity index (χ0n) is 19.9. The molecule has 0 aliphatic rings. The summed E-state index contributed by atoms with van der Waals surface area (Å²) in [4.78, 5) is 12.8. The van der Waals surface area contributed by atoms with Crippen LogP contribution in [0, 0.1) is 11.7 Å². The van der Waals surface area contributed by atoms with Gasteiger partial charge in [-0.25, -0.2) is 4.68 Å². The van der Waals surface area contributed by atoms with Gasteiger partial charge in [0.2, 0.25) is 5.91 Å². The number of hydrogen-bond acceptors (Lipinski definition) is 4. The standard InChI is InChI=1S/C28H26N6OS/c1-20-9-8-12-22(17-20)27-30-31-28(36)33(27)16-15-25(35)29-18-23-19-34(24-13-6-3-7-14-24)32-26(23)21-10-4-2-5-11-21/h2-14,17,19H,15-16,18H2,1H3,(H,29,35)(H,31,36). The van der Waals surface area contributed by atoms with Gasteiger partial charge in [0.15, 0.2) is 10.6 Å². The highest BCUT2D eigenvalue weighted by molar-refractivity contribution is 7.71. The first-order chi connectivity index (χ1) is 17.6. The third-order valence-corrected chi connectivity index (χ3v) is 6.24. The molecule has 0 bridgehead atoms. The first-order valence-corrected chi connectivity index (χ1v) is 12.2. The molecule has 5 rings (SSSR count). The smallest absolute Gasteiger partial charge is 0.222 e. The zero-order valence-corrected chi connectivity index (χ0v) is 20.7. The molecule has 0 saturated carbocycles. The van der Waals surface area contributed by atoms with Crippen LogP contribution in [0.5, 0.6) is 0 Å². The summed E-state index contributed by atoms with van der Waals surface area (Å²) in [5, 5.41) is 15.1. The molecule has 1 amide bonds. The largest absolute Gasteiger partial charge is 0.352 e. The predicted octanol–water partition coefficient (Wildman–Crippen LogP) is 5.48. The van der Waals surface area contributed by atoms with E-state index in [2.05, 4.69) is 21.6 Å². The van der Waals surface area contributed by atoms with Crippen LogP contribution in [0.4, 0.5) is 0 Å². The monoisotopic (exact) mass is 494 g/mol. The molecule has 8 heteroatoms. The van der Waals surface area contributed by atoms with Crippen LogP contribution in [-0.4, -0.2) is 30.5 Å². The van der Waals surface area contributed by atoms with Crippen molar-refractivity contribution in [3.05, 3.63) is 107 Å². The third-order valence-electron chi connectivity index (χ3n) is 5.93. The van der Waals surface area contributed by atoms with Crippen LogP contribution in [0.2, 0.25) is 0 Å². The quantitative estimate of drug-likeness (QED) is 0.280. The normalized spacial score (nSPS) is 10.9. The summed E-state index contributed by atoms with van der Waals surface area (Å²) in [6, 6.07) is 28.0. The first-order valence-electron chi connectivity index (χ1n) is 11.8. The minimum Gasteiger partial charge on any atom is -0.352 e. The Bertz CT molecular complexity index is 1540. The number of aryl methyl sites for hydroxylation is 1. The molecule has 2 N–H and O–H groups in total. The number of carbonyl (C=O) groups is 1. The van der Waals surface area contributed by atoms with E-state index in [1.165, 1.54) is 0 Å². The van der Waals surface area contributed by atoms with Crippen molar-refractivity contribution in [1.29, 1.82) is 0 Å². The number of aromatic amines is 1.